The molecule has 3 nitrogen and oxygen atoms in total. The van der Waals surface area contributed by atoms with Crippen LogP contribution >= 0.6 is 15.9 Å². The van der Waals surface area contributed by atoms with Gasteiger partial charge in [0.25, 0.3) is 0 Å². The maximum absolute atomic E-state index is 4.90. The van der Waals surface area contributed by atoms with E-state index in [4.69, 9.17) is 4.98 Å². The van der Waals surface area contributed by atoms with Crippen LogP contribution in [0.15, 0.2) is 77.3 Å². The Bertz CT molecular complexity index is 1110. The molecule has 3 aromatic carbocycles. The summed E-state index contributed by atoms with van der Waals surface area (Å²) in [6.45, 7) is 2.20. The van der Waals surface area contributed by atoms with E-state index in [9.17, 15) is 0 Å². The van der Waals surface area contributed by atoms with E-state index >= 15 is 0 Å². The molecule has 0 aliphatic carbocycles. The number of nitrogens with one attached hydrogen (secondary N) is 1. The monoisotopic (exact) mass is 431 g/mol. The fourth-order valence-electron chi connectivity index (χ4n) is 4.18. The molecule has 0 saturated heterocycles. The fraction of sp³-hybridized carbons (Fsp3) is 0.208. The molecule has 0 fully saturated rings. The second-order valence-electron chi connectivity index (χ2n) is 7.39. The first-order valence-electron chi connectivity index (χ1n) is 9.80. The summed E-state index contributed by atoms with van der Waals surface area (Å²) in [5.41, 5.74) is 6.22. The molecule has 0 radical (unpaired) electrons. The van der Waals surface area contributed by atoms with E-state index in [2.05, 4.69) is 106 Å². The smallest absolute Gasteiger partial charge is 0.204 e. The number of aryl methyl sites for hydroxylation is 1. The van der Waals surface area contributed by atoms with E-state index in [1.165, 1.54) is 22.2 Å². The van der Waals surface area contributed by atoms with E-state index in [1.807, 2.05) is 0 Å². The van der Waals surface area contributed by atoms with Gasteiger partial charge in [-0.25, -0.2) is 4.98 Å². The molecule has 2 heterocycles. The number of hydrogen-bond donors (Lipinski definition) is 1. The molecule has 28 heavy (non-hydrogen) atoms. The highest BCUT2D eigenvalue weighted by atomic mass is 79.9. The number of imidazole rings is 1. The molecule has 4 heteroatoms. The number of hydrogen-bond acceptors (Lipinski definition) is 2. The van der Waals surface area contributed by atoms with Crippen LogP contribution in [0.2, 0.25) is 0 Å². The Morgan fingerprint density at radius 2 is 1.68 bits per heavy atom. The molecule has 140 valence electrons. The first kappa shape index (κ1) is 17.5. The summed E-state index contributed by atoms with van der Waals surface area (Å²) >= 11 is 3.54. The van der Waals surface area contributed by atoms with Crippen molar-refractivity contribution in [3.63, 3.8) is 0 Å². The van der Waals surface area contributed by atoms with Crippen molar-refractivity contribution in [1.82, 2.24) is 9.55 Å². The van der Waals surface area contributed by atoms with E-state index in [-0.39, 0.29) is 12.1 Å². The summed E-state index contributed by atoms with van der Waals surface area (Å²) in [4.78, 5) is 4.90. The van der Waals surface area contributed by atoms with Crippen LogP contribution in [-0.2, 0) is 6.42 Å². The zero-order valence-corrected chi connectivity index (χ0v) is 17.4. The summed E-state index contributed by atoms with van der Waals surface area (Å²) < 4.78 is 3.47. The van der Waals surface area contributed by atoms with Gasteiger partial charge in [-0.1, -0.05) is 71.4 Å². The topological polar surface area (TPSA) is 29.9 Å². The molecule has 5 rings (SSSR count). The lowest BCUT2D eigenvalue weighted by molar-refractivity contribution is 0.477. The second kappa shape index (κ2) is 7.10. The van der Waals surface area contributed by atoms with Gasteiger partial charge in [-0.3, -0.25) is 0 Å². The maximum Gasteiger partial charge on any atom is 0.204 e. The molecule has 2 unspecified atom stereocenters. The normalized spacial score (nSPS) is 18.6. The molecule has 0 spiro atoms. The van der Waals surface area contributed by atoms with Gasteiger partial charge in [0, 0.05) is 4.47 Å². The lowest BCUT2D eigenvalue weighted by Gasteiger charge is -2.33. The summed E-state index contributed by atoms with van der Waals surface area (Å²) in [5.74, 6) is 0.949. The highest BCUT2D eigenvalue weighted by Crippen LogP contribution is 2.41. The predicted molar refractivity (Wildman–Crippen MR) is 119 cm³/mol. The number of rotatable bonds is 3. The Morgan fingerprint density at radius 1 is 0.964 bits per heavy atom. The molecule has 1 aromatic heterocycles. The van der Waals surface area contributed by atoms with Gasteiger partial charge in [-0.15, -0.1) is 0 Å². The van der Waals surface area contributed by atoms with E-state index in [0.717, 1.165) is 28.8 Å². The van der Waals surface area contributed by atoms with Crippen LogP contribution in [0.25, 0.3) is 11.0 Å². The standard InChI is InChI=1S/C24H22BrN3/c1-2-16-7-9-18(10-8-16)23-15-21(17-11-13-19(25)14-12-17)27-24-26-20-5-3-4-6-22(20)28(23)24/h3-14,21,23H,2,15H2,1H3,(H,26,27). The molecule has 0 saturated carbocycles. The van der Waals surface area contributed by atoms with E-state index in [1.54, 1.807) is 0 Å². The number of benzene rings is 3. The molecule has 1 aliphatic heterocycles. The third-order valence-electron chi connectivity index (χ3n) is 5.71. The number of fused-ring (bicyclic) bond motifs is 3. The van der Waals surface area contributed by atoms with Crippen LogP contribution in [0.5, 0.6) is 0 Å². The molecule has 1 N–H and O–H groups in total. The first-order valence-corrected chi connectivity index (χ1v) is 10.6. The van der Waals surface area contributed by atoms with Crippen LogP contribution in [0, 0.1) is 0 Å². The maximum atomic E-state index is 4.90. The van der Waals surface area contributed by atoms with E-state index < -0.39 is 0 Å². The predicted octanol–water partition coefficient (Wildman–Crippen LogP) is 6.51. The average Bonchev–Trinajstić information content (AvgIpc) is 3.12. The molecular weight excluding hydrogens is 410 g/mol. The van der Waals surface area contributed by atoms with Crippen molar-refractivity contribution in [3.8, 4) is 0 Å². The van der Waals surface area contributed by atoms with Crippen LogP contribution in [0.1, 0.15) is 42.1 Å². The van der Waals surface area contributed by atoms with Gasteiger partial charge in [-0.2, -0.15) is 0 Å². The fourth-order valence-corrected chi connectivity index (χ4v) is 4.44. The number of halogens is 1. The van der Waals surface area contributed by atoms with Gasteiger partial charge in [0.2, 0.25) is 5.95 Å². The molecule has 4 aromatic rings. The molecular formula is C24H22BrN3. The van der Waals surface area contributed by atoms with Crippen molar-refractivity contribution >= 4 is 32.9 Å². The molecule has 2 atom stereocenters. The minimum atomic E-state index is 0.230. The van der Waals surface area contributed by atoms with Crippen LogP contribution < -0.4 is 5.32 Å². The van der Waals surface area contributed by atoms with Crippen LogP contribution in [-0.4, -0.2) is 9.55 Å². The summed E-state index contributed by atoms with van der Waals surface area (Å²) in [5, 5.41) is 3.68. The Labute approximate surface area is 173 Å². The lowest BCUT2D eigenvalue weighted by Crippen LogP contribution is -2.27. The number of para-hydroxylation sites is 2. The van der Waals surface area contributed by atoms with Gasteiger partial charge in [-0.05, 0) is 53.8 Å². The minimum absolute atomic E-state index is 0.230. The highest BCUT2D eigenvalue weighted by Gasteiger charge is 2.30. The zero-order chi connectivity index (χ0) is 19.1. The van der Waals surface area contributed by atoms with Crippen LogP contribution in [0.4, 0.5) is 5.95 Å². The van der Waals surface area contributed by atoms with Gasteiger partial charge >= 0.3 is 0 Å². The molecule has 0 bridgehead atoms. The van der Waals surface area contributed by atoms with Gasteiger partial charge in [0.1, 0.15) is 0 Å². The van der Waals surface area contributed by atoms with Crippen molar-refractivity contribution in [2.45, 2.75) is 31.8 Å². The molecule has 0 amide bonds. The largest absolute Gasteiger partial charge is 0.349 e. The van der Waals surface area contributed by atoms with E-state index in [0.29, 0.717) is 0 Å². The first-order chi connectivity index (χ1) is 13.7. The lowest BCUT2D eigenvalue weighted by atomic mass is 9.92. The van der Waals surface area contributed by atoms with Crippen molar-refractivity contribution in [2.75, 3.05) is 5.32 Å². The quantitative estimate of drug-likeness (QED) is 0.400. The average molecular weight is 432 g/mol. The third-order valence-corrected chi connectivity index (χ3v) is 6.24. The summed E-state index contributed by atoms with van der Waals surface area (Å²) in [7, 11) is 0. The molecule has 1 aliphatic rings. The zero-order valence-electron chi connectivity index (χ0n) is 15.8. The SMILES string of the molecule is CCc1ccc(C2CC(c3ccc(Br)cc3)Nc3nc4ccccc4n32)cc1. The van der Waals surface area contributed by atoms with Crippen molar-refractivity contribution in [2.24, 2.45) is 0 Å². The van der Waals surface area contributed by atoms with Gasteiger partial charge in [0.05, 0.1) is 23.1 Å². The summed E-state index contributed by atoms with van der Waals surface area (Å²) in [6, 6.07) is 26.6. The number of nitrogens with zero attached hydrogens (tertiary/aromatic N) is 2. The minimum Gasteiger partial charge on any atom is -0.349 e. The van der Waals surface area contributed by atoms with Crippen molar-refractivity contribution < 1.29 is 0 Å². The van der Waals surface area contributed by atoms with Crippen molar-refractivity contribution in [1.29, 1.82) is 0 Å². The van der Waals surface area contributed by atoms with Gasteiger partial charge < -0.3 is 9.88 Å². The summed E-state index contributed by atoms with van der Waals surface area (Å²) in [6.07, 6.45) is 2.05. The Morgan fingerprint density at radius 3 is 2.43 bits per heavy atom. The van der Waals surface area contributed by atoms with Crippen molar-refractivity contribution in [3.05, 3.63) is 94.0 Å². The number of anilines is 1. The van der Waals surface area contributed by atoms with Crippen LogP contribution in [0.3, 0.4) is 0 Å². The Balaban J connectivity index is 1.63. The Kier molecular flexibility index (Phi) is 4.44. The van der Waals surface area contributed by atoms with Gasteiger partial charge in [0.15, 0.2) is 0 Å². The second-order valence-corrected chi connectivity index (χ2v) is 8.30. The highest BCUT2D eigenvalue weighted by molar-refractivity contribution is 9.10. The number of aromatic nitrogens is 2. The Hall–Kier alpha value is -2.59. The third kappa shape index (κ3) is 3.02.